The zero-order chi connectivity index (χ0) is 11.5. The van der Waals surface area contributed by atoms with E-state index >= 15 is 0 Å². The van der Waals surface area contributed by atoms with Crippen LogP contribution in [0.15, 0.2) is 35.5 Å². The fraction of sp³-hybridized carbons (Fsp3) is 0.100. The van der Waals surface area contributed by atoms with Gasteiger partial charge in [-0.05, 0) is 28.1 Å². The molecule has 0 aliphatic heterocycles. The molecule has 5 nitrogen and oxygen atoms in total. The molecule has 0 saturated carbocycles. The number of nitrogens with zero attached hydrogens (tertiary/aromatic N) is 3. The van der Waals surface area contributed by atoms with Crippen molar-refractivity contribution in [2.24, 2.45) is 7.05 Å². The molecule has 82 valence electrons. The molecule has 2 aromatic heterocycles. The molecule has 16 heavy (non-hydrogen) atoms. The molecule has 0 aliphatic rings. The highest BCUT2D eigenvalue weighted by Crippen LogP contribution is 2.11. The van der Waals surface area contributed by atoms with E-state index in [0.29, 0.717) is 16.1 Å². The zero-order valence-corrected chi connectivity index (χ0v) is 10.1. The van der Waals surface area contributed by atoms with E-state index < -0.39 is 0 Å². The molecule has 0 atom stereocenters. The second-order valence-corrected chi connectivity index (χ2v) is 3.88. The van der Waals surface area contributed by atoms with E-state index in [1.165, 1.54) is 6.20 Å². The van der Waals surface area contributed by atoms with Crippen LogP contribution in [0.1, 0.15) is 10.5 Å². The number of pyridine rings is 1. The molecule has 2 heterocycles. The summed E-state index contributed by atoms with van der Waals surface area (Å²) in [5, 5.41) is 2.73. The van der Waals surface area contributed by atoms with Crippen molar-refractivity contribution in [1.29, 1.82) is 0 Å². The predicted octanol–water partition coefficient (Wildman–Crippen LogP) is 1.83. The lowest BCUT2D eigenvalue weighted by Crippen LogP contribution is -2.15. The summed E-state index contributed by atoms with van der Waals surface area (Å²) in [6, 6.07) is 3.53. The molecule has 0 radical (unpaired) electrons. The fourth-order valence-corrected chi connectivity index (χ4v) is 1.52. The van der Waals surface area contributed by atoms with Gasteiger partial charge in [-0.3, -0.25) is 9.78 Å². The number of amides is 1. The summed E-state index contributed by atoms with van der Waals surface area (Å²) in [4.78, 5) is 19.7. The number of carbonyl (C=O) groups excluding carboxylic acids is 1. The van der Waals surface area contributed by atoms with Crippen molar-refractivity contribution in [2.45, 2.75) is 0 Å². The molecule has 6 heteroatoms. The minimum absolute atomic E-state index is 0.214. The predicted molar refractivity (Wildman–Crippen MR) is 63.1 cm³/mol. The van der Waals surface area contributed by atoms with Gasteiger partial charge in [0.05, 0.1) is 18.1 Å². The van der Waals surface area contributed by atoms with E-state index in [0.717, 1.165) is 0 Å². The highest BCUT2D eigenvalue weighted by atomic mass is 79.9. The van der Waals surface area contributed by atoms with E-state index in [9.17, 15) is 4.79 Å². The lowest BCUT2D eigenvalue weighted by Gasteiger charge is -2.04. The first-order valence-electron chi connectivity index (χ1n) is 4.57. The van der Waals surface area contributed by atoms with E-state index in [1.54, 1.807) is 36.1 Å². The van der Waals surface area contributed by atoms with Crippen LogP contribution in [0.3, 0.4) is 0 Å². The Morgan fingerprint density at radius 1 is 1.50 bits per heavy atom. The van der Waals surface area contributed by atoms with Gasteiger partial charge in [0.15, 0.2) is 4.73 Å². The number of rotatable bonds is 2. The number of imidazole rings is 1. The largest absolute Gasteiger partial charge is 0.319 e. The van der Waals surface area contributed by atoms with Crippen molar-refractivity contribution >= 4 is 27.5 Å². The standard InChI is InChI=1S/C10H9BrN4O/c1-15-8(6-13-10(15)11)9(16)14-7-3-2-4-12-5-7/h2-6H,1H3,(H,14,16). The number of aromatic nitrogens is 3. The van der Waals surface area contributed by atoms with E-state index in [2.05, 4.69) is 31.2 Å². The van der Waals surface area contributed by atoms with Gasteiger partial charge in [-0.25, -0.2) is 4.98 Å². The van der Waals surface area contributed by atoms with Gasteiger partial charge in [0, 0.05) is 13.2 Å². The van der Waals surface area contributed by atoms with Gasteiger partial charge in [-0.2, -0.15) is 0 Å². The highest BCUT2D eigenvalue weighted by Gasteiger charge is 2.12. The van der Waals surface area contributed by atoms with Gasteiger partial charge < -0.3 is 9.88 Å². The Bertz CT molecular complexity index is 509. The number of nitrogens with one attached hydrogen (secondary N) is 1. The van der Waals surface area contributed by atoms with Gasteiger partial charge in [-0.1, -0.05) is 0 Å². The SMILES string of the molecule is Cn1c(C(=O)Nc2cccnc2)cnc1Br. The van der Waals surface area contributed by atoms with E-state index in [-0.39, 0.29) is 5.91 Å². The molecule has 1 amide bonds. The van der Waals surface area contributed by atoms with Gasteiger partial charge in [0.25, 0.3) is 5.91 Å². The fourth-order valence-electron chi connectivity index (χ4n) is 1.23. The van der Waals surface area contributed by atoms with Crippen LogP contribution >= 0.6 is 15.9 Å². The van der Waals surface area contributed by atoms with Gasteiger partial charge in [0.2, 0.25) is 0 Å². The molecule has 0 unspecified atom stereocenters. The Kier molecular flexibility index (Phi) is 3.00. The van der Waals surface area contributed by atoms with Crippen LogP contribution in [0.25, 0.3) is 0 Å². The topological polar surface area (TPSA) is 59.8 Å². The van der Waals surface area contributed by atoms with E-state index in [1.807, 2.05) is 0 Å². The van der Waals surface area contributed by atoms with E-state index in [4.69, 9.17) is 0 Å². The summed E-state index contributed by atoms with van der Waals surface area (Å²) >= 11 is 3.23. The third-order valence-corrected chi connectivity index (χ3v) is 2.82. The lowest BCUT2D eigenvalue weighted by atomic mass is 10.4. The number of anilines is 1. The van der Waals surface area contributed by atoms with Crippen molar-refractivity contribution in [3.63, 3.8) is 0 Å². The third kappa shape index (κ3) is 2.11. The summed E-state index contributed by atoms with van der Waals surface area (Å²) in [5.74, 6) is -0.214. The lowest BCUT2D eigenvalue weighted by molar-refractivity contribution is 0.101. The maximum atomic E-state index is 11.8. The van der Waals surface area contributed by atoms with Crippen molar-refractivity contribution < 1.29 is 4.79 Å². The average Bonchev–Trinajstić information content (AvgIpc) is 2.61. The molecule has 0 bridgehead atoms. The third-order valence-electron chi connectivity index (χ3n) is 2.08. The Morgan fingerprint density at radius 2 is 2.31 bits per heavy atom. The molecule has 0 aromatic carbocycles. The highest BCUT2D eigenvalue weighted by molar-refractivity contribution is 9.10. The van der Waals surface area contributed by atoms with Crippen LogP contribution in [-0.4, -0.2) is 20.4 Å². The Hall–Kier alpha value is -1.69. The molecule has 0 fully saturated rings. The number of hydrogen-bond donors (Lipinski definition) is 1. The van der Waals surface area contributed by atoms with Gasteiger partial charge in [-0.15, -0.1) is 0 Å². The molecule has 2 aromatic rings. The monoisotopic (exact) mass is 280 g/mol. The summed E-state index contributed by atoms with van der Waals surface area (Å²) in [6.07, 6.45) is 4.75. The van der Waals surface area contributed by atoms with Crippen LogP contribution in [-0.2, 0) is 7.05 Å². The molecule has 1 N–H and O–H groups in total. The van der Waals surface area contributed by atoms with Crippen molar-refractivity contribution in [1.82, 2.24) is 14.5 Å². The quantitative estimate of drug-likeness (QED) is 0.913. The summed E-state index contributed by atoms with van der Waals surface area (Å²) in [7, 11) is 1.76. The minimum Gasteiger partial charge on any atom is -0.319 e. The number of hydrogen-bond acceptors (Lipinski definition) is 3. The van der Waals surface area contributed by atoms with Crippen LogP contribution < -0.4 is 5.32 Å². The normalized spacial score (nSPS) is 10.1. The van der Waals surface area contributed by atoms with Gasteiger partial charge >= 0.3 is 0 Å². The van der Waals surface area contributed by atoms with Crippen LogP contribution in [0.2, 0.25) is 0 Å². The van der Waals surface area contributed by atoms with Crippen molar-refractivity contribution in [3.8, 4) is 0 Å². The molecule has 0 spiro atoms. The minimum atomic E-state index is -0.214. The van der Waals surface area contributed by atoms with Crippen molar-refractivity contribution in [2.75, 3.05) is 5.32 Å². The first-order valence-corrected chi connectivity index (χ1v) is 5.36. The molecule has 0 aliphatic carbocycles. The second-order valence-electron chi connectivity index (χ2n) is 3.17. The molecule has 2 rings (SSSR count). The Balaban J connectivity index is 2.18. The summed E-state index contributed by atoms with van der Waals surface area (Å²) < 4.78 is 2.27. The Labute approximate surface area is 101 Å². The molecular formula is C10H9BrN4O. The van der Waals surface area contributed by atoms with Crippen LogP contribution in [0.4, 0.5) is 5.69 Å². The number of carbonyl (C=O) groups is 1. The smallest absolute Gasteiger partial charge is 0.273 e. The van der Waals surface area contributed by atoms with Gasteiger partial charge in [0.1, 0.15) is 5.69 Å². The summed E-state index contributed by atoms with van der Waals surface area (Å²) in [6.45, 7) is 0. The zero-order valence-electron chi connectivity index (χ0n) is 8.51. The van der Waals surface area contributed by atoms with Crippen LogP contribution in [0.5, 0.6) is 0 Å². The van der Waals surface area contributed by atoms with Crippen molar-refractivity contribution in [3.05, 3.63) is 41.2 Å². The van der Waals surface area contributed by atoms with Crippen LogP contribution in [0, 0.1) is 0 Å². The first-order chi connectivity index (χ1) is 7.68. The molecule has 0 saturated heterocycles. The maximum Gasteiger partial charge on any atom is 0.273 e. The second kappa shape index (κ2) is 4.44. The first kappa shape index (κ1) is 10.8. The maximum absolute atomic E-state index is 11.8. The Morgan fingerprint density at radius 3 is 2.88 bits per heavy atom. The average molecular weight is 281 g/mol. The molecular weight excluding hydrogens is 272 g/mol. The summed E-state index contributed by atoms with van der Waals surface area (Å²) in [5.41, 5.74) is 1.14. The number of halogens is 1.